The molecule has 0 saturated heterocycles. The Kier molecular flexibility index (Phi) is 9.27. The fraction of sp³-hybridized carbons (Fsp3) is 0.550. The van der Waals surface area contributed by atoms with E-state index in [1.165, 1.54) is 5.56 Å². The lowest BCUT2D eigenvalue weighted by Gasteiger charge is -2.14. The summed E-state index contributed by atoms with van der Waals surface area (Å²) in [6.45, 7) is 10.2. The second-order valence-corrected chi connectivity index (χ2v) is 6.39. The Balaban J connectivity index is 2.02. The van der Waals surface area contributed by atoms with Crippen LogP contribution < -0.4 is 15.4 Å². The van der Waals surface area contributed by atoms with Crippen LogP contribution in [0, 0.1) is 6.92 Å². The number of hydrogen-bond acceptors (Lipinski definition) is 5. The number of hydrogen-bond donors (Lipinski definition) is 2. The van der Waals surface area contributed by atoms with Crippen LogP contribution in [-0.4, -0.2) is 47.6 Å². The summed E-state index contributed by atoms with van der Waals surface area (Å²) in [5, 5.41) is 14.7. The molecule has 0 fully saturated rings. The molecule has 0 aliphatic carbocycles. The second-order valence-electron chi connectivity index (χ2n) is 6.39. The summed E-state index contributed by atoms with van der Waals surface area (Å²) in [6.07, 6.45) is 2.59. The van der Waals surface area contributed by atoms with Gasteiger partial charge in [-0.05, 0) is 32.4 Å². The molecule has 0 unspecified atom stereocenters. The van der Waals surface area contributed by atoms with Crippen molar-refractivity contribution in [1.29, 1.82) is 0 Å². The van der Waals surface area contributed by atoms with Gasteiger partial charge in [-0.15, -0.1) is 10.2 Å². The van der Waals surface area contributed by atoms with Gasteiger partial charge in [0.15, 0.2) is 11.8 Å². The van der Waals surface area contributed by atoms with Crippen LogP contribution >= 0.6 is 0 Å². The van der Waals surface area contributed by atoms with Gasteiger partial charge >= 0.3 is 0 Å². The average Bonchev–Trinajstić information content (AvgIpc) is 3.16. The number of methoxy groups -OCH3 is 1. The van der Waals surface area contributed by atoms with Crippen molar-refractivity contribution in [2.75, 3.05) is 26.9 Å². The topological polar surface area (TPSA) is 85.6 Å². The zero-order valence-corrected chi connectivity index (χ0v) is 17.4. The van der Waals surface area contributed by atoms with Gasteiger partial charge in [-0.25, -0.2) is 4.99 Å². The van der Waals surface area contributed by atoms with E-state index >= 15 is 0 Å². The Morgan fingerprint density at radius 2 is 2.07 bits per heavy atom. The summed E-state index contributed by atoms with van der Waals surface area (Å²) in [7, 11) is 1.70. The van der Waals surface area contributed by atoms with Crippen LogP contribution in [-0.2, 0) is 24.4 Å². The van der Waals surface area contributed by atoms with Gasteiger partial charge in [-0.1, -0.05) is 12.1 Å². The standard InChI is InChI=1S/C20H32N6O2/c1-5-21-20(23-14-19-25-24-15-26(19)6-2)22-13-17-9-8-16(3)12-18(17)28-11-7-10-27-4/h8-9,12,15H,5-7,10-11,13-14H2,1-4H3,(H2,21,22,23). The molecule has 1 aromatic carbocycles. The molecule has 0 atom stereocenters. The van der Waals surface area contributed by atoms with Crippen LogP contribution in [0.5, 0.6) is 5.75 Å². The van der Waals surface area contributed by atoms with E-state index in [-0.39, 0.29) is 0 Å². The number of aliphatic imine (C=N–C) groups is 1. The highest BCUT2D eigenvalue weighted by Crippen LogP contribution is 2.21. The molecule has 0 aliphatic rings. The molecular formula is C20H32N6O2. The Morgan fingerprint density at radius 3 is 2.82 bits per heavy atom. The maximum atomic E-state index is 5.95. The van der Waals surface area contributed by atoms with Gasteiger partial charge in [-0.3, -0.25) is 0 Å². The maximum Gasteiger partial charge on any atom is 0.191 e. The molecule has 8 heteroatoms. The molecule has 0 amide bonds. The molecule has 8 nitrogen and oxygen atoms in total. The number of benzene rings is 1. The fourth-order valence-electron chi connectivity index (χ4n) is 2.66. The number of nitrogens with one attached hydrogen (secondary N) is 2. The van der Waals surface area contributed by atoms with Gasteiger partial charge in [0.05, 0.1) is 19.7 Å². The summed E-state index contributed by atoms with van der Waals surface area (Å²) < 4.78 is 13.0. The number of aryl methyl sites for hydroxylation is 2. The molecule has 0 radical (unpaired) electrons. The fourth-order valence-corrected chi connectivity index (χ4v) is 2.66. The molecule has 154 valence electrons. The smallest absolute Gasteiger partial charge is 0.191 e. The first-order valence-electron chi connectivity index (χ1n) is 9.78. The molecule has 0 saturated carbocycles. The van der Waals surface area contributed by atoms with Gasteiger partial charge < -0.3 is 24.7 Å². The van der Waals surface area contributed by atoms with Crippen LogP contribution in [0.3, 0.4) is 0 Å². The predicted molar refractivity (Wildman–Crippen MR) is 111 cm³/mol. The molecular weight excluding hydrogens is 356 g/mol. The largest absolute Gasteiger partial charge is 0.493 e. The summed E-state index contributed by atoms with van der Waals surface area (Å²) in [5.41, 5.74) is 2.22. The van der Waals surface area contributed by atoms with Crippen LogP contribution in [0.1, 0.15) is 37.2 Å². The number of rotatable bonds is 11. The number of ether oxygens (including phenoxy) is 2. The minimum absolute atomic E-state index is 0.524. The zero-order valence-electron chi connectivity index (χ0n) is 17.4. The van der Waals surface area contributed by atoms with E-state index in [0.29, 0.717) is 26.3 Å². The van der Waals surface area contributed by atoms with Gasteiger partial charge in [0.1, 0.15) is 12.1 Å². The normalized spacial score (nSPS) is 11.5. The molecule has 0 spiro atoms. The summed E-state index contributed by atoms with van der Waals surface area (Å²) in [5.74, 6) is 2.49. The first kappa shape index (κ1) is 21.7. The van der Waals surface area contributed by atoms with E-state index in [1.54, 1.807) is 13.4 Å². The molecule has 2 rings (SSSR count). The molecule has 0 aliphatic heterocycles. The third-order valence-electron chi connectivity index (χ3n) is 4.18. The predicted octanol–water partition coefficient (Wildman–Crippen LogP) is 2.28. The molecule has 0 bridgehead atoms. The van der Waals surface area contributed by atoms with Crippen molar-refractivity contribution in [1.82, 2.24) is 25.4 Å². The molecule has 1 aromatic heterocycles. The monoisotopic (exact) mass is 388 g/mol. The van der Waals surface area contributed by atoms with Crippen LogP contribution in [0.15, 0.2) is 29.5 Å². The Morgan fingerprint density at radius 1 is 1.21 bits per heavy atom. The zero-order chi connectivity index (χ0) is 20.2. The third-order valence-corrected chi connectivity index (χ3v) is 4.18. The number of nitrogens with zero attached hydrogens (tertiary/aromatic N) is 4. The van der Waals surface area contributed by atoms with Crippen molar-refractivity contribution in [3.63, 3.8) is 0 Å². The molecule has 2 aromatic rings. The number of aromatic nitrogens is 3. The lowest BCUT2D eigenvalue weighted by molar-refractivity contribution is 0.172. The minimum Gasteiger partial charge on any atom is -0.493 e. The van der Waals surface area contributed by atoms with Crippen LogP contribution in [0.2, 0.25) is 0 Å². The van der Waals surface area contributed by atoms with Crippen molar-refractivity contribution >= 4 is 5.96 Å². The quantitative estimate of drug-likeness (QED) is 0.349. The molecule has 1 heterocycles. The van der Waals surface area contributed by atoms with Crippen molar-refractivity contribution in [3.8, 4) is 5.75 Å². The van der Waals surface area contributed by atoms with Crippen molar-refractivity contribution < 1.29 is 9.47 Å². The van der Waals surface area contributed by atoms with Gasteiger partial charge in [-0.2, -0.15) is 0 Å². The lowest BCUT2D eigenvalue weighted by Crippen LogP contribution is -2.37. The SMILES string of the molecule is CCNC(=NCc1ccc(C)cc1OCCCOC)NCc1nncn1CC. The highest BCUT2D eigenvalue weighted by molar-refractivity contribution is 5.79. The average molecular weight is 389 g/mol. The summed E-state index contributed by atoms with van der Waals surface area (Å²) in [6, 6.07) is 6.21. The van der Waals surface area contributed by atoms with E-state index in [2.05, 4.69) is 52.9 Å². The molecule has 28 heavy (non-hydrogen) atoms. The molecule has 2 N–H and O–H groups in total. The summed E-state index contributed by atoms with van der Waals surface area (Å²) >= 11 is 0. The first-order valence-corrected chi connectivity index (χ1v) is 9.78. The Labute approximate surface area is 167 Å². The second kappa shape index (κ2) is 12.0. The van der Waals surface area contributed by atoms with E-state index in [0.717, 1.165) is 42.6 Å². The summed E-state index contributed by atoms with van der Waals surface area (Å²) in [4.78, 5) is 4.71. The van der Waals surface area contributed by atoms with Gasteiger partial charge in [0, 0.05) is 38.8 Å². The Bertz CT molecular complexity index is 744. The number of guanidine groups is 1. The van der Waals surface area contributed by atoms with E-state index < -0.39 is 0 Å². The van der Waals surface area contributed by atoms with Crippen molar-refractivity contribution in [3.05, 3.63) is 41.5 Å². The van der Waals surface area contributed by atoms with Crippen molar-refractivity contribution in [2.24, 2.45) is 4.99 Å². The third kappa shape index (κ3) is 6.84. The highest BCUT2D eigenvalue weighted by Gasteiger charge is 2.07. The first-order chi connectivity index (χ1) is 13.7. The Hall–Kier alpha value is -2.61. The van der Waals surface area contributed by atoms with E-state index in [4.69, 9.17) is 14.5 Å². The highest BCUT2D eigenvalue weighted by atomic mass is 16.5. The van der Waals surface area contributed by atoms with E-state index in [1.807, 2.05) is 11.5 Å². The van der Waals surface area contributed by atoms with Crippen molar-refractivity contribution in [2.45, 2.75) is 46.8 Å². The van der Waals surface area contributed by atoms with E-state index in [9.17, 15) is 0 Å². The lowest BCUT2D eigenvalue weighted by atomic mass is 10.1. The van der Waals surface area contributed by atoms with Crippen LogP contribution in [0.25, 0.3) is 0 Å². The van der Waals surface area contributed by atoms with Gasteiger partial charge in [0.2, 0.25) is 0 Å². The van der Waals surface area contributed by atoms with Crippen LogP contribution in [0.4, 0.5) is 0 Å². The van der Waals surface area contributed by atoms with Gasteiger partial charge in [0.25, 0.3) is 0 Å². The maximum absolute atomic E-state index is 5.95. The minimum atomic E-state index is 0.524.